The third-order valence-corrected chi connectivity index (χ3v) is 2.07. The van der Waals surface area contributed by atoms with E-state index in [2.05, 4.69) is 11.1 Å². The maximum atomic E-state index is 10.3. The number of carboxylic acids is 1. The molecule has 0 spiro atoms. The van der Waals surface area contributed by atoms with Crippen molar-refractivity contribution in [2.75, 3.05) is 0 Å². The zero-order chi connectivity index (χ0) is 9.84. The highest BCUT2D eigenvalue weighted by atomic mass is 16.4. The molecule has 3 heteroatoms. The Hall–Kier alpha value is -1.25. The molecular weight excluding hydrogens is 166 g/mol. The van der Waals surface area contributed by atoms with Crippen molar-refractivity contribution in [3.8, 4) is 0 Å². The fraction of sp³-hybridized carbons (Fsp3) is 0.500. The molecule has 0 saturated heterocycles. The summed E-state index contributed by atoms with van der Waals surface area (Å²) in [6, 6.07) is 2.08. The largest absolute Gasteiger partial charge is 0.481 e. The molecule has 0 radical (unpaired) electrons. The first-order valence-corrected chi connectivity index (χ1v) is 4.46. The summed E-state index contributed by atoms with van der Waals surface area (Å²) in [5.41, 5.74) is 3.53. The first-order valence-electron chi connectivity index (χ1n) is 4.46. The van der Waals surface area contributed by atoms with E-state index in [1.807, 2.05) is 13.8 Å². The van der Waals surface area contributed by atoms with Crippen molar-refractivity contribution in [3.63, 3.8) is 0 Å². The zero-order valence-corrected chi connectivity index (χ0v) is 8.05. The van der Waals surface area contributed by atoms with Gasteiger partial charge in [-0.15, -0.1) is 0 Å². The van der Waals surface area contributed by atoms with Crippen LogP contribution >= 0.6 is 0 Å². The number of hydrogen-bond acceptors (Lipinski definition) is 1. The molecule has 0 aromatic carbocycles. The van der Waals surface area contributed by atoms with E-state index in [0.717, 1.165) is 12.1 Å². The molecule has 0 aliphatic heterocycles. The van der Waals surface area contributed by atoms with Crippen molar-refractivity contribution in [1.82, 2.24) is 4.98 Å². The van der Waals surface area contributed by atoms with Gasteiger partial charge in [-0.1, -0.05) is 0 Å². The quantitative estimate of drug-likeness (QED) is 0.746. The van der Waals surface area contributed by atoms with Gasteiger partial charge in [-0.3, -0.25) is 4.79 Å². The number of aliphatic carboxylic acids is 1. The maximum absolute atomic E-state index is 10.3. The molecule has 1 heterocycles. The van der Waals surface area contributed by atoms with Gasteiger partial charge in [0.25, 0.3) is 0 Å². The highest BCUT2D eigenvalue weighted by Gasteiger charge is 2.03. The SMILES string of the molecule is Cc1cc(C)c(CCCC(=O)O)[nH]1. The molecule has 0 amide bonds. The van der Waals surface area contributed by atoms with Crippen LogP contribution in [-0.4, -0.2) is 16.1 Å². The maximum Gasteiger partial charge on any atom is 0.303 e. The molecule has 0 saturated carbocycles. The van der Waals surface area contributed by atoms with Crippen molar-refractivity contribution in [1.29, 1.82) is 0 Å². The topological polar surface area (TPSA) is 53.1 Å². The van der Waals surface area contributed by atoms with Crippen LogP contribution in [0.15, 0.2) is 6.07 Å². The van der Waals surface area contributed by atoms with Crippen molar-refractivity contribution in [3.05, 3.63) is 23.0 Å². The van der Waals surface area contributed by atoms with Gasteiger partial charge in [0.15, 0.2) is 0 Å². The van der Waals surface area contributed by atoms with E-state index in [1.165, 1.54) is 11.3 Å². The average Bonchev–Trinajstić information content (AvgIpc) is 2.29. The summed E-state index contributed by atoms with van der Waals surface area (Å²) >= 11 is 0. The van der Waals surface area contributed by atoms with Crippen LogP contribution in [0.1, 0.15) is 29.8 Å². The summed E-state index contributed by atoms with van der Waals surface area (Å²) in [6.45, 7) is 4.05. The fourth-order valence-corrected chi connectivity index (χ4v) is 1.46. The second kappa shape index (κ2) is 4.12. The molecule has 1 rings (SSSR count). The number of nitrogens with one attached hydrogen (secondary N) is 1. The Morgan fingerprint density at radius 2 is 2.23 bits per heavy atom. The van der Waals surface area contributed by atoms with Crippen molar-refractivity contribution in [2.45, 2.75) is 33.1 Å². The van der Waals surface area contributed by atoms with Crippen molar-refractivity contribution in [2.24, 2.45) is 0 Å². The summed E-state index contributed by atoms with van der Waals surface area (Å²) in [7, 11) is 0. The lowest BCUT2D eigenvalue weighted by Gasteiger charge is -1.97. The summed E-state index contributed by atoms with van der Waals surface area (Å²) in [4.78, 5) is 13.5. The number of hydrogen-bond donors (Lipinski definition) is 2. The minimum absolute atomic E-state index is 0.248. The predicted octanol–water partition coefficient (Wildman–Crippen LogP) is 2.04. The zero-order valence-electron chi connectivity index (χ0n) is 8.05. The fourth-order valence-electron chi connectivity index (χ4n) is 1.46. The number of H-pyrrole nitrogens is 1. The lowest BCUT2D eigenvalue weighted by atomic mass is 10.1. The van der Waals surface area contributed by atoms with E-state index in [9.17, 15) is 4.79 Å². The minimum atomic E-state index is -0.721. The Balaban J connectivity index is 2.45. The Morgan fingerprint density at radius 3 is 2.69 bits per heavy atom. The van der Waals surface area contributed by atoms with Gasteiger partial charge in [0.2, 0.25) is 0 Å². The Labute approximate surface area is 77.8 Å². The average molecular weight is 181 g/mol. The van der Waals surface area contributed by atoms with Crippen LogP contribution in [0.5, 0.6) is 0 Å². The van der Waals surface area contributed by atoms with E-state index in [0.29, 0.717) is 6.42 Å². The third kappa shape index (κ3) is 2.93. The molecule has 1 aromatic heterocycles. The standard InChI is InChI=1S/C10H15NO2/c1-7-6-8(2)11-9(7)4-3-5-10(12)13/h6,11H,3-5H2,1-2H3,(H,12,13). The molecule has 0 atom stereocenters. The molecule has 0 fully saturated rings. The summed E-state index contributed by atoms with van der Waals surface area (Å²) in [5.74, 6) is -0.721. The van der Waals surface area contributed by atoms with E-state index in [-0.39, 0.29) is 6.42 Å². The van der Waals surface area contributed by atoms with Gasteiger partial charge in [0.1, 0.15) is 0 Å². The number of aryl methyl sites for hydroxylation is 3. The molecule has 0 aliphatic carbocycles. The van der Waals surface area contributed by atoms with Crippen LogP contribution < -0.4 is 0 Å². The Morgan fingerprint density at radius 1 is 1.54 bits per heavy atom. The molecule has 0 bridgehead atoms. The monoisotopic (exact) mass is 181 g/mol. The van der Waals surface area contributed by atoms with Gasteiger partial charge < -0.3 is 10.1 Å². The molecule has 13 heavy (non-hydrogen) atoms. The minimum Gasteiger partial charge on any atom is -0.481 e. The number of rotatable bonds is 4. The molecule has 1 aromatic rings. The first kappa shape index (κ1) is 9.84. The van der Waals surface area contributed by atoms with Gasteiger partial charge in [-0.25, -0.2) is 0 Å². The molecule has 0 unspecified atom stereocenters. The molecule has 72 valence electrons. The van der Waals surface area contributed by atoms with E-state index in [4.69, 9.17) is 5.11 Å². The van der Waals surface area contributed by atoms with E-state index < -0.39 is 5.97 Å². The highest BCUT2D eigenvalue weighted by Crippen LogP contribution is 2.11. The number of carboxylic acid groups (broad SMARTS) is 1. The summed E-state index contributed by atoms with van der Waals surface area (Å²) < 4.78 is 0. The van der Waals surface area contributed by atoms with Gasteiger partial charge in [-0.05, 0) is 38.3 Å². The number of aromatic nitrogens is 1. The van der Waals surface area contributed by atoms with Gasteiger partial charge >= 0.3 is 5.97 Å². The molecule has 2 N–H and O–H groups in total. The van der Waals surface area contributed by atoms with Crippen LogP contribution in [0.25, 0.3) is 0 Å². The van der Waals surface area contributed by atoms with Crippen LogP contribution in [-0.2, 0) is 11.2 Å². The van der Waals surface area contributed by atoms with Crippen molar-refractivity contribution >= 4 is 5.97 Å². The smallest absolute Gasteiger partial charge is 0.303 e. The predicted molar refractivity (Wildman–Crippen MR) is 50.8 cm³/mol. The molecule has 0 aliphatic rings. The van der Waals surface area contributed by atoms with Crippen LogP contribution in [0.3, 0.4) is 0 Å². The van der Waals surface area contributed by atoms with E-state index in [1.54, 1.807) is 0 Å². The number of aromatic amines is 1. The van der Waals surface area contributed by atoms with Crippen LogP contribution in [0.4, 0.5) is 0 Å². The normalized spacial score (nSPS) is 10.3. The lowest BCUT2D eigenvalue weighted by Crippen LogP contribution is -1.96. The Bertz CT molecular complexity index is 302. The lowest BCUT2D eigenvalue weighted by molar-refractivity contribution is -0.137. The Kier molecular flexibility index (Phi) is 3.12. The van der Waals surface area contributed by atoms with E-state index >= 15 is 0 Å². The van der Waals surface area contributed by atoms with Crippen molar-refractivity contribution < 1.29 is 9.90 Å². The second-order valence-electron chi connectivity index (χ2n) is 3.36. The summed E-state index contributed by atoms with van der Waals surface area (Å²) in [6.07, 6.45) is 1.78. The molecule has 3 nitrogen and oxygen atoms in total. The van der Waals surface area contributed by atoms with Crippen LogP contribution in [0.2, 0.25) is 0 Å². The van der Waals surface area contributed by atoms with Crippen LogP contribution in [0, 0.1) is 13.8 Å². The molecular formula is C10H15NO2. The highest BCUT2D eigenvalue weighted by molar-refractivity contribution is 5.66. The van der Waals surface area contributed by atoms with Gasteiger partial charge in [0, 0.05) is 17.8 Å². The first-order chi connectivity index (χ1) is 6.09. The van der Waals surface area contributed by atoms with Gasteiger partial charge in [-0.2, -0.15) is 0 Å². The number of carbonyl (C=O) groups is 1. The third-order valence-electron chi connectivity index (χ3n) is 2.07. The summed E-state index contributed by atoms with van der Waals surface area (Å²) in [5, 5.41) is 8.46. The second-order valence-corrected chi connectivity index (χ2v) is 3.36. The van der Waals surface area contributed by atoms with Gasteiger partial charge in [0.05, 0.1) is 0 Å².